The molecule has 0 radical (unpaired) electrons. The van der Waals surface area contributed by atoms with Gasteiger partial charge in [-0.1, -0.05) is 12.1 Å². The molecule has 3 aromatic rings. The van der Waals surface area contributed by atoms with E-state index in [0.29, 0.717) is 11.5 Å². The maximum absolute atomic E-state index is 13.0. The van der Waals surface area contributed by atoms with E-state index < -0.39 is 0 Å². The van der Waals surface area contributed by atoms with Gasteiger partial charge in [0.15, 0.2) is 0 Å². The van der Waals surface area contributed by atoms with Crippen molar-refractivity contribution in [2.45, 2.75) is 12.3 Å². The first-order valence-electron chi connectivity index (χ1n) is 8.38. The van der Waals surface area contributed by atoms with Crippen molar-refractivity contribution in [1.29, 1.82) is 0 Å². The molecule has 1 aromatic carbocycles. The predicted octanol–water partition coefficient (Wildman–Crippen LogP) is 3.27. The third-order valence-corrected chi connectivity index (χ3v) is 4.84. The number of benzene rings is 1. The number of fused-ring (bicyclic) bond motifs is 1. The number of pyridine rings is 2. The number of methoxy groups -OCH3 is 1. The second-order valence-corrected chi connectivity index (χ2v) is 6.26. The fraction of sp³-hybridized carbons (Fsp3) is 0.250. The Labute approximate surface area is 146 Å². The van der Waals surface area contributed by atoms with Crippen LogP contribution in [0.1, 0.15) is 28.3 Å². The molecule has 1 atom stereocenters. The van der Waals surface area contributed by atoms with Gasteiger partial charge in [0.25, 0.3) is 5.91 Å². The Kier molecular flexibility index (Phi) is 4.06. The van der Waals surface area contributed by atoms with Crippen LogP contribution in [0.5, 0.6) is 5.75 Å². The minimum Gasteiger partial charge on any atom is -0.497 e. The molecule has 1 saturated heterocycles. The molecule has 5 heteroatoms. The summed E-state index contributed by atoms with van der Waals surface area (Å²) in [5, 5.41) is 0.808. The zero-order chi connectivity index (χ0) is 17.2. The number of carbonyl (C=O) groups excluding carboxylic acids is 1. The highest BCUT2D eigenvalue weighted by Crippen LogP contribution is 2.30. The lowest BCUT2D eigenvalue weighted by molar-refractivity contribution is 0.0792. The monoisotopic (exact) mass is 333 g/mol. The smallest absolute Gasteiger partial charge is 0.254 e. The van der Waals surface area contributed by atoms with E-state index in [2.05, 4.69) is 22.1 Å². The van der Waals surface area contributed by atoms with E-state index in [9.17, 15) is 4.79 Å². The van der Waals surface area contributed by atoms with E-state index in [1.54, 1.807) is 31.8 Å². The second kappa shape index (κ2) is 6.51. The van der Waals surface area contributed by atoms with Crippen molar-refractivity contribution in [2.24, 2.45) is 0 Å². The van der Waals surface area contributed by atoms with Crippen LogP contribution in [0, 0.1) is 0 Å². The van der Waals surface area contributed by atoms with Crippen LogP contribution in [0.2, 0.25) is 0 Å². The molecule has 4 rings (SSSR count). The van der Waals surface area contributed by atoms with Gasteiger partial charge in [-0.05, 0) is 36.2 Å². The second-order valence-electron chi connectivity index (χ2n) is 6.26. The topological polar surface area (TPSA) is 55.3 Å². The Balaban J connectivity index is 1.55. The molecule has 0 spiro atoms. The van der Waals surface area contributed by atoms with Gasteiger partial charge in [0, 0.05) is 43.0 Å². The molecule has 1 fully saturated rings. The molecular formula is C20H19N3O2. The summed E-state index contributed by atoms with van der Waals surface area (Å²) in [6.45, 7) is 1.49. The molecular weight excluding hydrogens is 314 g/mol. The highest BCUT2D eigenvalue weighted by Gasteiger charge is 2.28. The molecule has 1 aliphatic rings. The fourth-order valence-electron chi connectivity index (χ4n) is 3.44. The highest BCUT2D eigenvalue weighted by atomic mass is 16.5. The minimum absolute atomic E-state index is 0.0522. The van der Waals surface area contributed by atoms with Gasteiger partial charge in [0.1, 0.15) is 5.75 Å². The summed E-state index contributed by atoms with van der Waals surface area (Å²) in [6.07, 6.45) is 6.07. The van der Waals surface area contributed by atoms with Crippen molar-refractivity contribution in [2.75, 3.05) is 20.2 Å². The van der Waals surface area contributed by atoms with Crippen LogP contribution in [0.3, 0.4) is 0 Å². The average Bonchev–Trinajstić information content (AvgIpc) is 3.17. The van der Waals surface area contributed by atoms with Crippen molar-refractivity contribution < 1.29 is 9.53 Å². The normalized spacial score (nSPS) is 17.0. The van der Waals surface area contributed by atoms with Gasteiger partial charge in [-0.25, -0.2) is 0 Å². The van der Waals surface area contributed by atoms with Gasteiger partial charge in [-0.2, -0.15) is 0 Å². The van der Waals surface area contributed by atoms with E-state index in [4.69, 9.17) is 4.74 Å². The van der Waals surface area contributed by atoms with Gasteiger partial charge in [-0.3, -0.25) is 14.8 Å². The van der Waals surface area contributed by atoms with Gasteiger partial charge in [-0.15, -0.1) is 0 Å². The molecule has 2 aromatic heterocycles. The van der Waals surface area contributed by atoms with Crippen LogP contribution in [0.25, 0.3) is 10.9 Å². The van der Waals surface area contributed by atoms with Crippen LogP contribution in [-0.4, -0.2) is 41.0 Å². The van der Waals surface area contributed by atoms with Gasteiger partial charge in [0.05, 0.1) is 18.2 Å². The van der Waals surface area contributed by atoms with E-state index in [0.717, 1.165) is 36.2 Å². The summed E-state index contributed by atoms with van der Waals surface area (Å²) in [5.74, 6) is 1.27. The lowest BCUT2D eigenvalue weighted by atomic mass is 9.98. The molecule has 0 aliphatic carbocycles. The molecule has 1 aliphatic heterocycles. The molecule has 5 nitrogen and oxygen atoms in total. The number of carbonyl (C=O) groups is 1. The lowest BCUT2D eigenvalue weighted by Crippen LogP contribution is -2.28. The summed E-state index contributed by atoms with van der Waals surface area (Å²) in [5.41, 5.74) is 2.72. The zero-order valence-corrected chi connectivity index (χ0v) is 14.1. The largest absolute Gasteiger partial charge is 0.497 e. The van der Waals surface area contributed by atoms with Crippen molar-refractivity contribution in [3.05, 3.63) is 66.1 Å². The summed E-state index contributed by atoms with van der Waals surface area (Å²) < 4.78 is 5.21. The lowest BCUT2D eigenvalue weighted by Gasteiger charge is -2.18. The van der Waals surface area contributed by atoms with Crippen LogP contribution in [0.15, 0.2) is 55.0 Å². The number of hydrogen-bond acceptors (Lipinski definition) is 4. The number of amides is 1. The summed E-state index contributed by atoms with van der Waals surface area (Å²) >= 11 is 0. The maximum Gasteiger partial charge on any atom is 0.254 e. The molecule has 1 amide bonds. The van der Waals surface area contributed by atoms with Crippen LogP contribution in [-0.2, 0) is 0 Å². The van der Waals surface area contributed by atoms with Crippen molar-refractivity contribution in [1.82, 2.24) is 14.9 Å². The number of likely N-dealkylation sites (tertiary alicyclic amines) is 1. The van der Waals surface area contributed by atoms with Crippen molar-refractivity contribution in [3.8, 4) is 5.75 Å². The number of ether oxygens (including phenoxy) is 1. The molecule has 0 bridgehead atoms. The maximum atomic E-state index is 13.0. The van der Waals surface area contributed by atoms with Gasteiger partial charge >= 0.3 is 0 Å². The summed E-state index contributed by atoms with van der Waals surface area (Å²) in [7, 11) is 1.67. The molecule has 0 saturated carbocycles. The van der Waals surface area contributed by atoms with E-state index in [1.165, 1.54) is 5.56 Å². The zero-order valence-electron chi connectivity index (χ0n) is 14.1. The van der Waals surface area contributed by atoms with Crippen LogP contribution >= 0.6 is 0 Å². The minimum atomic E-state index is 0.0522. The Hall–Kier alpha value is -2.95. The first-order valence-corrected chi connectivity index (χ1v) is 8.38. The third kappa shape index (κ3) is 2.93. The standard InChI is InChI=1S/C20H19N3O2/c1-25-16-4-2-14(3-5-16)15-8-11-23(13-15)20(24)17-6-10-22-19-7-9-21-12-18(17)19/h2-7,9-10,12,15H,8,11,13H2,1H3. The van der Waals surface area contributed by atoms with Crippen molar-refractivity contribution in [3.63, 3.8) is 0 Å². The molecule has 0 N–H and O–H groups in total. The molecule has 25 heavy (non-hydrogen) atoms. The number of hydrogen-bond donors (Lipinski definition) is 0. The van der Waals surface area contributed by atoms with E-state index >= 15 is 0 Å². The quantitative estimate of drug-likeness (QED) is 0.738. The number of aromatic nitrogens is 2. The Morgan fingerprint density at radius 2 is 2.00 bits per heavy atom. The summed E-state index contributed by atoms with van der Waals surface area (Å²) in [4.78, 5) is 23.4. The van der Waals surface area contributed by atoms with E-state index in [-0.39, 0.29) is 5.91 Å². The first-order chi connectivity index (χ1) is 12.3. The third-order valence-electron chi connectivity index (χ3n) is 4.84. The number of rotatable bonds is 3. The predicted molar refractivity (Wildman–Crippen MR) is 95.8 cm³/mol. The molecule has 3 heterocycles. The SMILES string of the molecule is COc1ccc(C2CCN(C(=O)c3ccnc4ccncc34)C2)cc1. The average molecular weight is 333 g/mol. The highest BCUT2D eigenvalue weighted by molar-refractivity contribution is 6.05. The van der Waals surface area contributed by atoms with E-state index in [1.807, 2.05) is 23.1 Å². The van der Waals surface area contributed by atoms with Crippen molar-refractivity contribution >= 4 is 16.8 Å². The Morgan fingerprint density at radius 3 is 2.80 bits per heavy atom. The Bertz CT molecular complexity index is 903. The summed E-state index contributed by atoms with van der Waals surface area (Å²) in [6, 6.07) is 11.7. The molecule has 126 valence electrons. The Morgan fingerprint density at radius 1 is 1.16 bits per heavy atom. The number of nitrogens with zero attached hydrogens (tertiary/aromatic N) is 3. The van der Waals surface area contributed by atoms with Gasteiger partial charge in [0.2, 0.25) is 0 Å². The molecule has 1 unspecified atom stereocenters. The fourth-order valence-corrected chi connectivity index (χ4v) is 3.44. The van der Waals surface area contributed by atoms with Gasteiger partial charge < -0.3 is 9.64 Å². The first kappa shape index (κ1) is 15.6. The van der Waals surface area contributed by atoms with Crippen LogP contribution < -0.4 is 4.74 Å². The van der Waals surface area contributed by atoms with Crippen LogP contribution in [0.4, 0.5) is 0 Å².